The fourth-order valence-electron chi connectivity index (χ4n) is 3.09. The Morgan fingerprint density at radius 3 is 2.17 bits per heavy atom. The summed E-state index contributed by atoms with van der Waals surface area (Å²) in [4.78, 5) is 0. The van der Waals surface area contributed by atoms with E-state index in [0.717, 1.165) is 0 Å². The summed E-state index contributed by atoms with van der Waals surface area (Å²) in [6.45, 7) is -2.97. The van der Waals surface area contributed by atoms with Crippen LogP contribution in [0.3, 0.4) is 0 Å². The summed E-state index contributed by atoms with van der Waals surface area (Å²) >= 11 is 24.2. The number of ether oxygens (including phenoxy) is 4. The zero-order valence-corrected chi connectivity index (χ0v) is 18.9. The molecule has 0 radical (unpaired) electrons. The Morgan fingerprint density at radius 2 is 1.63 bits per heavy atom. The predicted molar refractivity (Wildman–Crippen MR) is 117 cm³/mol. The van der Waals surface area contributed by atoms with Crippen molar-refractivity contribution in [2.24, 2.45) is 0 Å². The normalized spacial score (nSPS) is 28.2. The molecule has 0 saturated carbocycles. The summed E-state index contributed by atoms with van der Waals surface area (Å²) < 4.78 is 46.2. The van der Waals surface area contributed by atoms with E-state index < -0.39 is 31.0 Å². The van der Waals surface area contributed by atoms with Crippen LogP contribution in [0.15, 0.2) is 36.4 Å². The quantitative estimate of drug-likeness (QED) is 0.518. The molecule has 1 aliphatic rings. The van der Waals surface area contributed by atoms with E-state index in [9.17, 15) is 5.11 Å². The monoisotopic (exact) mass is 497 g/mol. The zero-order chi connectivity index (χ0) is 24.4. The van der Waals surface area contributed by atoms with E-state index in [1.165, 1.54) is 13.2 Å². The van der Waals surface area contributed by atoms with Crippen LogP contribution in [0.25, 0.3) is 0 Å². The van der Waals surface area contributed by atoms with Gasteiger partial charge < -0.3 is 24.1 Å². The maximum atomic E-state index is 11.2. The minimum absolute atomic E-state index is 0.0988. The highest BCUT2D eigenvalue weighted by molar-refractivity contribution is 6.35. The Morgan fingerprint density at radius 1 is 1.03 bits per heavy atom. The lowest BCUT2D eigenvalue weighted by atomic mass is 9.97. The number of hydrogen-bond donors (Lipinski definition) is 1. The minimum atomic E-state index is -2.88. The predicted octanol–water partition coefficient (Wildman–Crippen LogP) is 5.52. The van der Waals surface area contributed by atoms with Crippen LogP contribution in [-0.4, -0.2) is 42.9 Å². The second-order valence-corrected chi connectivity index (χ2v) is 8.47. The van der Waals surface area contributed by atoms with Crippen molar-refractivity contribution < 1.29 is 28.2 Å². The fourth-order valence-corrected chi connectivity index (χ4v) is 4.02. The molecule has 0 unspecified atom stereocenters. The molecule has 0 aromatic heterocycles. The van der Waals surface area contributed by atoms with Crippen molar-refractivity contribution in [2.75, 3.05) is 13.7 Å². The smallest absolute Gasteiger partial charge is 0.188 e. The molecule has 1 N–H and O–H groups in total. The average Bonchev–Trinajstić information content (AvgIpc) is 3.01. The van der Waals surface area contributed by atoms with Crippen molar-refractivity contribution in [1.29, 1.82) is 0 Å². The molecule has 0 aliphatic carbocycles. The van der Waals surface area contributed by atoms with Crippen molar-refractivity contribution in [1.82, 2.24) is 0 Å². The molecule has 0 bridgehead atoms. The van der Waals surface area contributed by atoms with Gasteiger partial charge in [0.1, 0.15) is 17.8 Å². The molecule has 1 heterocycles. The van der Waals surface area contributed by atoms with Crippen molar-refractivity contribution in [3.8, 4) is 0 Å². The molecule has 3 rings (SSSR count). The first-order valence-electron chi connectivity index (χ1n) is 10.4. The van der Waals surface area contributed by atoms with Gasteiger partial charge in [-0.1, -0.05) is 58.5 Å². The lowest BCUT2D eigenvalue weighted by Gasteiger charge is -2.29. The molecule has 164 valence electrons. The Labute approximate surface area is 199 Å². The highest BCUT2D eigenvalue weighted by atomic mass is 35.5. The third-order valence-electron chi connectivity index (χ3n) is 4.63. The Balaban J connectivity index is 1.78. The van der Waals surface area contributed by atoms with Gasteiger partial charge in [-0.15, -0.1) is 0 Å². The minimum Gasteiger partial charge on any atom is -0.382 e. The third kappa shape index (κ3) is 5.60. The van der Waals surface area contributed by atoms with E-state index in [1.54, 1.807) is 30.3 Å². The van der Waals surface area contributed by atoms with Gasteiger partial charge in [-0.2, -0.15) is 0 Å². The van der Waals surface area contributed by atoms with Crippen LogP contribution in [-0.2, 0) is 32.2 Å². The second-order valence-electron chi connectivity index (χ2n) is 6.79. The summed E-state index contributed by atoms with van der Waals surface area (Å²) in [5.41, 5.74) is -1.21. The standard InChI is InChI=1S/C21H22Cl4O5/c1-21(26)19(29-10-13-4-6-15(23)8-17(13)25)18(30-20(21)27-2)11-28-9-12-3-5-14(22)7-16(12)24/h3-8,18-20,26H,9-11H2,1-2H3/t18-,19-,20+,21-/m1/s1/i1D3. The van der Waals surface area contributed by atoms with Gasteiger partial charge in [-0.05, 0) is 42.2 Å². The van der Waals surface area contributed by atoms with Gasteiger partial charge in [0.25, 0.3) is 0 Å². The van der Waals surface area contributed by atoms with Gasteiger partial charge >= 0.3 is 0 Å². The van der Waals surface area contributed by atoms with Crippen LogP contribution < -0.4 is 0 Å². The van der Waals surface area contributed by atoms with E-state index in [0.29, 0.717) is 31.2 Å². The van der Waals surface area contributed by atoms with E-state index in [1.807, 2.05) is 0 Å². The molecule has 4 atom stereocenters. The highest BCUT2D eigenvalue weighted by Gasteiger charge is 2.54. The van der Waals surface area contributed by atoms with E-state index in [4.69, 9.17) is 69.5 Å². The second kappa shape index (κ2) is 10.3. The molecule has 1 saturated heterocycles. The highest BCUT2D eigenvalue weighted by Crippen LogP contribution is 2.35. The lowest BCUT2D eigenvalue weighted by Crippen LogP contribution is -2.48. The molecular formula is C21H22Cl4O5. The summed E-state index contributed by atoms with van der Waals surface area (Å²) in [5.74, 6) is 0. The van der Waals surface area contributed by atoms with Crippen molar-refractivity contribution in [3.05, 3.63) is 67.6 Å². The summed E-state index contributed by atoms with van der Waals surface area (Å²) in [5, 5.41) is 12.9. The van der Waals surface area contributed by atoms with Crippen LogP contribution in [0.1, 0.15) is 22.1 Å². The SMILES string of the molecule is [2H]C([2H])([2H])[C@]1(O)[C@@H](OC)O[C@H](COCc2ccc(Cl)cc2Cl)[C@H]1OCc1ccc(Cl)cc1Cl. The summed E-state index contributed by atoms with van der Waals surface area (Å²) in [6, 6.07) is 9.79. The first-order chi connectivity index (χ1) is 15.5. The molecule has 9 heteroatoms. The fraction of sp³-hybridized carbons (Fsp3) is 0.429. The van der Waals surface area contributed by atoms with Crippen molar-refractivity contribution >= 4 is 46.4 Å². The molecule has 0 amide bonds. The van der Waals surface area contributed by atoms with E-state index in [2.05, 4.69) is 0 Å². The van der Waals surface area contributed by atoms with Crippen LogP contribution in [0, 0.1) is 0 Å². The molecule has 30 heavy (non-hydrogen) atoms. The Kier molecular flexibility index (Phi) is 6.91. The molecule has 5 nitrogen and oxygen atoms in total. The molecule has 2 aromatic rings. The average molecular weight is 499 g/mol. The summed E-state index contributed by atoms with van der Waals surface area (Å²) in [7, 11) is 1.24. The first kappa shape index (κ1) is 20.0. The topological polar surface area (TPSA) is 57.2 Å². The Hall–Kier alpha value is -0.600. The molecule has 2 aromatic carbocycles. The van der Waals surface area contributed by atoms with Gasteiger partial charge in [0.15, 0.2) is 6.29 Å². The number of rotatable bonds is 8. The van der Waals surface area contributed by atoms with Gasteiger partial charge in [-0.3, -0.25) is 0 Å². The Bertz CT molecular complexity index is 977. The van der Waals surface area contributed by atoms with Crippen LogP contribution >= 0.6 is 46.4 Å². The van der Waals surface area contributed by atoms with Crippen LogP contribution in [0.2, 0.25) is 20.1 Å². The zero-order valence-electron chi connectivity index (χ0n) is 18.9. The van der Waals surface area contributed by atoms with Gasteiger partial charge in [-0.25, -0.2) is 0 Å². The number of methoxy groups -OCH3 is 1. The van der Waals surface area contributed by atoms with Crippen LogP contribution in [0.5, 0.6) is 0 Å². The maximum absolute atomic E-state index is 11.2. The van der Waals surface area contributed by atoms with Crippen molar-refractivity contribution in [2.45, 2.75) is 44.2 Å². The summed E-state index contributed by atoms with van der Waals surface area (Å²) in [6.07, 6.45) is -3.75. The van der Waals surface area contributed by atoms with E-state index in [-0.39, 0.29) is 19.8 Å². The van der Waals surface area contributed by atoms with E-state index >= 15 is 0 Å². The van der Waals surface area contributed by atoms with Crippen LogP contribution in [0.4, 0.5) is 0 Å². The lowest BCUT2D eigenvalue weighted by molar-refractivity contribution is -0.190. The molecular weight excluding hydrogens is 474 g/mol. The molecule has 1 aliphatic heterocycles. The van der Waals surface area contributed by atoms with Gasteiger partial charge in [0.2, 0.25) is 0 Å². The number of aliphatic hydroxyl groups is 1. The number of hydrogen-bond acceptors (Lipinski definition) is 5. The number of halogens is 4. The maximum Gasteiger partial charge on any atom is 0.188 e. The van der Waals surface area contributed by atoms with Gasteiger partial charge in [0, 0.05) is 31.3 Å². The van der Waals surface area contributed by atoms with Gasteiger partial charge in [0.05, 0.1) is 19.8 Å². The third-order valence-corrected chi connectivity index (χ3v) is 5.81. The number of benzene rings is 2. The molecule has 0 spiro atoms. The largest absolute Gasteiger partial charge is 0.382 e. The van der Waals surface area contributed by atoms with Crippen molar-refractivity contribution in [3.63, 3.8) is 0 Å². The molecule has 1 fully saturated rings. The first-order valence-corrected chi connectivity index (χ1v) is 10.5.